The van der Waals surface area contributed by atoms with Gasteiger partial charge in [-0.25, -0.2) is 0 Å². The van der Waals surface area contributed by atoms with Crippen molar-refractivity contribution in [1.29, 1.82) is 0 Å². The quantitative estimate of drug-likeness (QED) is 0.765. The molecule has 1 heterocycles. The van der Waals surface area contributed by atoms with Crippen LogP contribution in [0.2, 0.25) is 0 Å². The van der Waals surface area contributed by atoms with E-state index in [0.29, 0.717) is 22.3 Å². The van der Waals surface area contributed by atoms with Gasteiger partial charge in [0.2, 0.25) is 5.78 Å². The minimum Gasteiger partial charge on any atom is -0.384 e. The van der Waals surface area contributed by atoms with E-state index >= 15 is 0 Å². The molecule has 3 atom stereocenters. The molecule has 20 heavy (non-hydrogen) atoms. The minimum absolute atomic E-state index is 0.301. The van der Waals surface area contributed by atoms with Crippen molar-refractivity contribution in [1.82, 2.24) is 0 Å². The maximum atomic E-state index is 12.7. The molecule has 1 aliphatic carbocycles. The van der Waals surface area contributed by atoms with E-state index in [9.17, 15) is 15.0 Å². The molecule has 0 bridgehead atoms. The second kappa shape index (κ2) is 3.76. The van der Waals surface area contributed by atoms with Crippen molar-refractivity contribution in [2.75, 3.05) is 0 Å². The fraction of sp³-hybridized carbons (Fsp3) is 0.188. The smallest absolute Gasteiger partial charge is 0.202 e. The van der Waals surface area contributed by atoms with Crippen LogP contribution < -0.4 is 0 Å². The first-order valence-corrected chi connectivity index (χ1v) is 6.43. The van der Waals surface area contributed by atoms with Crippen LogP contribution in [0.15, 0.2) is 48.5 Å². The molecule has 2 aromatic carbocycles. The van der Waals surface area contributed by atoms with E-state index < -0.39 is 18.0 Å². The minimum atomic E-state index is -1.51. The average Bonchev–Trinajstić information content (AvgIpc) is 2.90. The Bertz CT molecular complexity index is 724. The number of fused-ring (bicyclic) bond motifs is 3. The van der Waals surface area contributed by atoms with Crippen LogP contribution in [0, 0.1) is 0 Å². The Morgan fingerprint density at radius 1 is 0.950 bits per heavy atom. The third-order valence-electron chi connectivity index (χ3n) is 4.15. The molecule has 4 heteroatoms. The van der Waals surface area contributed by atoms with Crippen molar-refractivity contribution in [2.45, 2.75) is 18.0 Å². The van der Waals surface area contributed by atoms with Gasteiger partial charge in [0, 0.05) is 16.7 Å². The highest BCUT2D eigenvalue weighted by atomic mass is 16.6. The summed E-state index contributed by atoms with van der Waals surface area (Å²) in [4.78, 5) is 12.7. The average molecular weight is 268 g/mol. The molecule has 1 spiro atoms. The summed E-state index contributed by atoms with van der Waals surface area (Å²) in [5, 5.41) is 20.6. The molecule has 2 N–H and O–H groups in total. The van der Waals surface area contributed by atoms with Gasteiger partial charge in [-0.2, -0.15) is 0 Å². The first-order valence-electron chi connectivity index (χ1n) is 6.43. The van der Waals surface area contributed by atoms with Gasteiger partial charge in [0.05, 0.1) is 0 Å². The summed E-state index contributed by atoms with van der Waals surface area (Å²) in [6.07, 6.45) is -2.30. The van der Waals surface area contributed by atoms with E-state index in [1.807, 2.05) is 0 Å². The highest BCUT2D eigenvalue weighted by molar-refractivity contribution is 6.08. The zero-order chi connectivity index (χ0) is 13.9. The summed E-state index contributed by atoms with van der Waals surface area (Å²) < 4.78 is 5.54. The van der Waals surface area contributed by atoms with E-state index in [4.69, 9.17) is 4.74 Å². The lowest BCUT2D eigenvalue weighted by Gasteiger charge is -2.26. The summed E-state index contributed by atoms with van der Waals surface area (Å²) in [6.45, 7) is 0. The highest BCUT2D eigenvalue weighted by Crippen LogP contribution is 2.55. The maximum absolute atomic E-state index is 12.7. The SMILES string of the molecule is O=C1c2ccccc2[C@H](O)[C@]12O[C@@H](O)c1ccccc12. The number of benzene rings is 2. The zero-order valence-corrected chi connectivity index (χ0v) is 10.5. The summed E-state index contributed by atoms with van der Waals surface area (Å²) in [5.41, 5.74) is 0.555. The first kappa shape index (κ1) is 11.8. The number of hydrogen-bond donors (Lipinski definition) is 2. The van der Waals surface area contributed by atoms with Crippen molar-refractivity contribution in [2.24, 2.45) is 0 Å². The van der Waals surface area contributed by atoms with E-state index in [-0.39, 0.29) is 5.78 Å². The third kappa shape index (κ3) is 1.19. The Labute approximate surface area is 115 Å². The lowest BCUT2D eigenvalue weighted by molar-refractivity contribution is -0.185. The second-order valence-corrected chi connectivity index (χ2v) is 5.11. The largest absolute Gasteiger partial charge is 0.384 e. The predicted octanol–water partition coefficient (Wildman–Crippen LogP) is 1.83. The third-order valence-corrected chi connectivity index (χ3v) is 4.15. The lowest BCUT2D eigenvalue weighted by Crippen LogP contribution is -2.36. The zero-order valence-electron chi connectivity index (χ0n) is 10.5. The lowest BCUT2D eigenvalue weighted by atomic mass is 9.87. The van der Waals surface area contributed by atoms with Crippen LogP contribution in [0.4, 0.5) is 0 Å². The van der Waals surface area contributed by atoms with Crippen LogP contribution in [-0.2, 0) is 10.3 Å². The Balaban J connectivity index is 1.99. The van der Waals surface area contributed by atoms with Crippen molar-refractivity contribution in [3.63, 3.8) is 0 Å². The molecule has 0 saturated carbocycles. The summed E-state index contributed by atoms with van der Waals surface area (Å²) in [7, 11) is 0. The van der Waals surface area contributed by atoms with Crippen molar-refractivity contribution in [3.05, 3.63) is 70.8 Å². The van der Waals surface area contributed by atoms with Gasteiger partial charge in [0.25, 0.3) is 0 Å². The second-order valence-electron chi connectivity index (χ2n) is 5.11. The van der Waals surface area contributed by atoms with Crippen molar-refractivity contribution < 1.29 is 19.7 Å². The molecular weight excluding hydrogens is 256 g/mol. The number of aliphatic hydroxyl groups is 2. The molecular formula is C16H12O4. The van der Waals surface area contributed by atoms with Crippen LogP contribution in [0.5, 0.6) is 0 Å². The van der Waals surface area contributed by atoms with Crippen LogP contribution >= 0.6 is 0 Å². The molecule has 0 fully saturated rings. The van der Waals surface area contributed by atoms with Crippen molar-refractivity contribution in [3.8, 4) is 0 Å². The topological polar surface area (TPSA) is 66.8 Å². The normalized spacial score (nSPS) is 30.6. The van der Waals surface area contributed by atoms with Crippen LogP contribution in [0.25, 0.3) is 0 Å². The fourth-order valence-electron chi connectivity index (χ4n) is 3.23. The number of carbonyl (C=O) groups excluding carboxylic acids is 1. The molecule has 2 aromatic rings. The number of ketones is 1. The van der Waals surface area contributed by atoms with Crippen LogP contribution in [0.1, 0.15) is 39.4 Å². The van der Waals surface area contributed by atoms with Gasteiger partial charge in [-0.15, -0.1) is 0 Å². The van der Waals surface area contributed by atoms with Gasteiger partial charge >= 0.3 is 0 Å². The van der Waals surface area contributed by atoms with Gasteiger partial charge in [0.15, 0.2) is 11.9 Å². The number of rotatable bonds is 0. The molecule has 100 valence electrons. The summed E-state index contributed by atoms with van der Waals surface area (Å²) in [6, 6.07) is 13.9. The Hall–Kier alpha value is -2.01. The number of carbonyl (C=O) groups is 1. The maximum Gasteiger partial charge on any atom is 0.202 e. The molecule has 4 rings (SSSR count). The van der Waals surface area contributed by atoms with Crippen LogP contribution in [0.3, 0.4) is 0 Å². The van der Waals surface area contributed by atoms with Gasteiger partial charge in [-0.05, 0) is 5.56 Å². The van der Waals surface area contributed by atoms with E-state index in [2.05, 4.69) is 0 Å². The van der Waals surface area contributed by atoms with Crippen LogP contribution in [-0.4, -0.2) is 16.0 Å². The summed E-state index contributed by atoms with van der Waals surface area (Å²) in [5.74, 6) is -0.301. The molecule has 1 aliphatic heterocycles. The Morgan fingerprint density at radius 2 is 1.60 bits per heavy atom. The van der Waals surface area contributed by atoms with E-state index in [1.165, 1.54) is 0 Å². The number of aliphatic hydroxyl groups excluding tert-OH is 2. The van der Waals surface area contributed by atoms with Crippen molar-refractivity contribution >= 4 is 5.78 Å². The number of hydrogen-bond acceptors (Lipinski definition) is 4. The van der Waals surface area contributed by atoms with Gasteiger partial charge < -0.3 is 14.9 Å². The van der Waals surface area contributed by atoms with E-state index in [0.717, 1.165) is 0 Å². The number of Topliss-reactive ketones (excluding diaryl/α,β-unsaturated/α-hetero) is 1. The summed E-state index contributed by atoms with van der Waals surface area (Å²) >= 11 is 0. The van der Waals surface area contributed by atoms with E-state index in [1.54, 1.807) is 48.5 Å². The highest BCUT2D eigenvalue weighted by Gasteiger charge is 2.60. The van der Waals surface area contributed by atoms with Gasteiger partial charge in [-0.1, -0.05) is 48.5 Å². The number of ether oxygens (including phenoxy) is 1. The predicted molar refractivity (Wildman–Crippen MR) is 69.9 cm³/mol. The molecule has 0 aromatic heterocycles. The molecule has 0 saturated heterocycles. The molecule has 0 radical (unpaired) electrons. The van der Waals surface area contributed by atoms with Gasteiger partial charge in [-0.3, -0.25) is 4.79 Å². The first-order chi connectivity index (χ1) is 9.66. The molecule has 0 unspecified atom stereocenters. The standard InChI is InChI=1S/C16H12O4/c17-13-9-5-1-2-6-10(9)14(18)16(13)12-8-4-3-7-11(12)15(19)20-16/h1-8,13,15,17,19H/t13-,15+,16-/m0/s1. The molecule has 4 nitrogen and oxygen atoms in total. The molecule has 0 amide bonds. The molecule has 2 aliphatic rings. The Kier molecular flexibility index (Phi) is 2.22. The fourth-order valence-corrected chi connectivity index (χ4v) is 3.23. The van der Waals surface area contributed by atoms with Gasteiger partial charge in [0.1, 0.15) is 6.10 Å². The Morgan fingerprint density at radius 3 is 2.35 bits per heavy atom. The monoisotopic (exact) mass is 268 g/mol.